The highest BCUT2D eigenvalue weighted by Gasteiger charge is 2.25. The molecule has 0 radical (unpaired) electrons. The summed E-state index contributed by atoms with van der Waals surface area (Å²) in [7, 11) is 0. The highest BCUT2D eigenvalue weighted by atomic mass is 16.4. The summed E-state index contributed by atoms with van der Waals surface area (Å²) < 4.78 is 0. The Morgan fingerprint density at radius 1 is 1.36 bits per heavy atom. The quantitative estimate of drug-likeness (QED) is 0.780. The molecule has 8 nitrogen and oxygen atoms in total. The van der Waals surface area contributed by atoms with Crippen LogP contribution in [0.3, 0.4) is 0 Å². The second kappa shape index (κ2) is 8.55. The number of rotatable bonds is 6. The van der Waals surface area contributed by atoms with E-state index < -0.39 is 5.97 Å². The van der Waals surface area contributed by atoms with Crippen molar-refractivity contribution in [3.05, 3.63) is 23.3 Å². The van der Waals surface area contributed by atoms with E-state index in [1.165, 1.54) is 0 Å². The van der Waals surface area contributed by atoms with E-state index in [2.05, 4.69) is 15.3 Å². The van der Waals surface area contributed by atoms with Crippen molar-refractivity contribution in [3.8, 4) is 0 Å². The number of carboxylic acids is 1. The van der Waals surface area contributed by atoms with Gasteiger partial charge in [-0.05, 0) is 32.3 Å². The Labute approximate surface area is 146 Å². The Bertz CT molecular complexity index is 662. The molecule has 0 aliphatic carbocycles. The molecule has 8 heteroatoms. The molecule has 136 valence electrons. The first-order valence-electron chi connectivity index (χ1n) is 8.43. The zero-order valence-corrected chi connectivity index (χ0v) is 14.6. The van der Waals surface area contributed by atoms with Crippen molar-refractivity contribution in [2.45, 2.75) is 45.4 Å². The van der Waals surface area contributed by atoms with Crippen LogP contribution in [-0.4, -0.2) is 57.4 Å². The van der Waals surface area contributed by atoms with Gasteiger partial charge in [-0.3, -0.25) is 14.4 Å². The second-order valence-corrected chi connectivity index (χ2v) is 6.33. The highest BCUT2D eigenvalue weighted by molar-refractivity contribution is 5.81. The number of likely N-dealkylation sites (tertiary alicyclic amines) is 1. The lowest BCUT2D eigenvalue weighted by Gasteiger charge is -2.31. The molecule has 1 saturated heterocycles. The number of carboxylic acid groups (broad SMARTS) is 1. The number of hydrogen-bond donors (Lipinski definition) is 2. The van der Waals surface area contributed by atoms with Gasteiger partial charge < -0.3 is 15.3 Å². The van der Waals surface area contributed by atoms with Gasteiger partial charge in [-0.25, -0.2) is 9.97 Å². The SMILES string of the molecule is CC(=O)N1CCC[C@@H](c2nc(C)cc(CCC(=O)NCC(=O)O)n2)C1. The smallest absolute Gasteiger partial charge is 0.322 e. The van der Waals surface area contributed by atoms with E-state index in [0.717, 1.165) is 30.8 Å². The number of nitrogens with zero attached hydrogens (tertiary/aromatic N) is 3. The molecular formula is C17H24N4O4. The van der Waals surface area contributed by atoms with E-state index in [0.29, 0.717) is 18.8 Å². The molecule has 0 saturated carbocycles. The summed E-state index contributed by atoms with van der Waals surface area (Å²) in [6, 6.07) is 1.83. The van der Waals surface area contributed by atoms with Gasteiger partial charge in [0.1, 0.15) is 12.4 Å². The normalized spacial score (nSPS) is 17.2. The summed E-state index contributed by atoms with van der Waals surface area (Å²) in [5.41, 5.74) is 1.58. The van der Waals surface area contributed by atoms with E-state index in [9.17, 15) is 14.4 Å². The standard InChI is InChI=1S/C17H24N4O4/c1-11-8-14(5-6-15(23)18-9-16(24)25)20-17(19-11)13-4-3-7-21(10-13)12(2)22/h8,13H,3-7,9-10H2,1-2H3,(H,18,23)(H,24,25)/t13-/m1/s1. The van der Waals surface area contributed by atoms with Crippen molar-refractivity contribution in [1.82, 2.24) is 20.2 Å². The molecular weight excluding hydrogens is 324 g/mol. The molecule has 0 unspecified atom stereocenters. The largest absolute Gasteiger partial charge is 0.480 e. The monoisotopic (exact) mass is 348 g/mol. The number of aliphatic carboxylic acids is 1. The number of amides is 2. The van der Waals surface area contributed by atoms with Gasteiger partial charge >= 0.3 is 5.97 Å². The minimum atomic E-state index is -1.07. The maximum Gasteiger partial charge on any atom is 0.322 e. The van der Waals surface area contributed by atoms with Gasteiger partial charge in [-0.15, -0.1) is 0 Å². The van der Waals surface area contributed by atoms with E-state index >= 15 is 0 Å². The lowest BCUT2D eigenvalue weighted by molar-refractivity contribution is -0.138. The van der Waals surface area contributed by atoms with E-state index in [4.69, 9.17) is 5.11 Å². The predicted octanol–water partition coefficient (Wildman–Crippen LogP) is 0.644. The van der Waals surface area contributed by atoms with Crippen LogP contribution in [0.1, 0.15) is 49.3 Å². The van der Waals surface area contributed by atoms with Crippen LogP contribution in [0.4, 0.5) is 0 Å². The number of nitrogens with one attached hydrogen (secondary N) is 1. The molecule has 0 spiro atoms. The van der Waals surface area contributed by atoms with Crippen LogP contribution in [0.2, 0.25) is 0 Å². The average molecular weight is 348 g/mol. The van der Waals surface area contributed by atoms with Crippen molar-refractivity contribution in [1.29, 1.82) is 0 Å². The fourth-order valence-corrected chi connectivity index (χ4v) is 2.95. The molecule has 0 aromatic carbocycles. The summed E-state index contributed by atoms with van der Waals surface area (Å²) in [4.78, 5) is 44.6. The lowest BCUT2D eigenvalue weighted by Crippen LogP contribution is -2.38. The van der Waals surface area contributed by atoms with Gasteiger partial charge in [0.05, 0.1) is 0 Å². The van der Waals surface area contributed by atoms with E-state index in [1.807, 2.05) is 17.9 Å². The number of aryl methyl sites for hydroxylation is 2. The van der Waals surface area contributed by atoms with Crippen molar-refractivity contribution >= 4 is 17.8 Å². The van der Waals surface area contributed by atoms with Gasteiger partial charge in [0.25, 0.3) is 0 Å². The average Bonchev–Trinajstić information content (AvgIpc) is 2.57. The van der Waals surface area contributed by atoms with Crippen molar-refractivity contribution < 1.29 is 19.5 Å². The van der Waals surface area contributed by atoms with Crippen LogP contribution in [0.15, 0.2) is 6.07 Å². The summed E-state index contributed by atoms with van der Waals surface area (Å²) in [6.07, 6.45) is 2.46. The summed E-state index contributed by atoms with van der Waals surface area (Å²) in [5, 5.41) is 10.9. The molecule has 1 aromatic heterocycles. The topological polar surface area (TPSA) is 112 Å². The molecule has 2 rings (SSSR count). The minimum Gasteiger partial charge on any atom is -0.480 e. The molecule has 0 bridgehead atoms. The van der Waals surface area contributed by atoms with Gasteiger partial charge in [0.15, 0.2) is 0 Å². The minimum absolute atomic E-state index is 0.0627. The number of carbonyl (C=O) groups is 3. The van der Waals surface area contributed by atoms with Crippen LogP contribution in [-0.2, 0) is 20.8 Å². The van der Waals surface area contributed by atoms with Crippen molar-refractivity contribution in [2.24, 2.45) is 0 Å². The van der Waals surface area contributed by atoms with Crippen molar-refractivity contribution in [3.63, 3.8) is 0 Å². The molecule has 1 atom stereocenters. The molecule has 1 fully saturated rings. The van der Waals surface area contributed by atoms with Crippen molar-refractivity contribution in [2.75, 3.05) is 19.6 Å². The predicted molar refractivity (Wildman–Crippen MR) is 90.0 cm³/mol. The molecule has 1 aliphatic heterocycles. The van der Waals surface area contributed by atoms with E-state index in [1.54, 1.807) is 6.92 Å². The third-order valence-electron chi connectivity index (χ3n) is 4.20. The number of carbonyl (C=O) groups excluding carboxylic acids is 2. The molecule has 25 heavy (non-hydrogen) atoms. The molecule has 2 heterocycles. The zero-order chi connectivity index (χ0) is 18.4. The van der Waals surface area contributed by atoms with Crippen LogP contribution < -0.4 is 5.32 Å². The third-order valence-corrected chi connectivity index (χ3v) is 4.20. The van der Waals surface area contributed by atoms with Crippen LogP contribution in [0.25, 0.3) is 0 Å². The maximum absolute atomic E-state index is 11.6. The van der Waals surface area contributed by atoms with Gasteiger partial charge in [-0.1, -0.05) is 0 Å². The summed E-state index contributed by atoms with van der Waals surface area (Å²) in [6.45, 7) is 4.47. The van der Waals surface area contributed by atoms with E-state index in [-0.39, 0.29) is 30.7 Å². The van der Waals surface area contributed by atoms with Crippen LogP contribution >= 0.6 is 0 Å². The number of hydrogen-bond acceptors (Lipinski definition) is 5. The zero-order valence-electron chi connectivity index (χ0n) is 14.6. The molecule has 2 amide bonds. The first-order chi connectivity index (χ1) is 11.8. The Morgan fingerprint density at radius 2 is 2.12 bits per heavy atom. The summed E-state index contributed by atoms with van der Waals surface area (Å²) in [5.74, 6) is -0.502. The van der Waals surface area contributed by atoms with Gasteiger partial charge in [0, 0.05) is 43.7 Å². The molecule has 2 N–H and O–H groups in total. The number of aromatic nitrogens is 2. The van der Waals surface area contributed by atoms with Gasteiger partial charge in [-0.2, -0.15) is 0 Å². The van der Waals surface area contributed by atoms with Crippen LogP contribution in [0, 0.1) is 6.92 Å². The lowest BCUT2D eigenvalue weighted by atomic mass is 9.96. The third kappa shape index (κ3) is 5.81. The Balaban J connectivity index is 2.01. The summed E-state index contributed by atoms with van der Waals surface area (Å²) >= 11 is 0. The molecule has 1 aliphatic rings. The Kier molecular flexibility index (Phi) is 6.44. The van der Waals surface area contributed by atoms with Gasteiger partial charge in [0.2, 0.25) is 11.8 Å². The first-order valence-corrected chi connectivity index (χ1v) is 8.43. The fourth-order valence-electron chi connectivity index (χ4n) is 2.95. The highest BCUT2D eigenvalue weighted by Crippen LogP contribution is 2.25. The van der Waals surface area contributed by atoms with Crippen LogP contribution in [0.5, 0.6) is 0 Å². The Morgan fingerprint density at radius 3 is 2.80 bits per heavy atom. The second-order valence-electron chi connectivity index (χ2n) is 6.33. The molecule has 1 aromatic rings. The maximum atomic E-state index is 11.6. The fraction of sp³-hybridized carbons (Fsp3) is 0.588. The first kappa shape index (κ1) is 18.8. The Hall–Kier alpha value is -2.51. The number of piperidine rings is 1.